The fraction of sp³-hybridized carbons (Fsp3) is 0.667. The van der Waals surface area contributed by atoms with E-state index in [2.05, 4.69) is 58.5 Å². The van der Waals surface area contributed by atoms with Crippen LogP contribution in [0, 0.1) is 0 Å². The minimum atomic E-state index is 0. The Labute approximate surface area is 188 Å². The first-order valence-corrected chi connectivity index (χ1v) is 10.1. The number of nitrogens with zero attached hydrogens (tertiary/aromatic N) is 3. The molecule has 1 aliphatic heterocycles. The molecule has 160 valence electrons. The second-order valence-corrected chi connectivity index (χ2v) is 7.53. The highest BCUT2D eigenvalue weighted by Gasteiger charge is 2.25. The molecule has 0 amide bonds. The Bertz CT molecular complexity index is 596. The predicted octanol–water partition coefficient (Wildman–Crippen LogP) is 3.18. The maximum atomic E-state index is 5.50. The van der Waals surface area contributed by atoms with Crippen molar-refractivity contribution in [1.29, 1.82) is 0 Å². The number of rotatable bonds is 9. The zero-order chi connectivity index (χ0) is 19.6. The first-order chi connectivity index (χ1) is 13.0. The molecule has 1 fully saturated rings. The Balaban J connectivity index is 0.00000392. The first-order valence-electron chi connectivity index (χ1n) is 10.1. The normalized spacial score (nSPS) is 17.0. The zero-order valence-corrected chi connectivity index (χ0v) is 20.4. The smallest absolute Gasteiger partial charge is 0.191 e. The molecule has 0 radical (unpaired) electrons. The number of ether oxygens (including phenoxy) is 1. The summed E-state index contributed by atoms with van der Waals surface area (Å²) < 4.78 is 5.50. The Kier molecular flexibility index (Phi) is 11.6. The van der Waals surface area contributed by atoms with Crippen molar-refractivity contribution in [1.82, 2.24) is 15.5 Å². The van der Waals surface area contributed by atoms with Crippen LogP contribution in [0.25, 0.3) is 0 Å². The van der Waals surface area contributed by atoms with E-state index in [1.807, 2.05) is 19.2 Å². The molecule has 0 aliphatic carbocycles. The molecule has 0 saturated carbocycles. The topological polar surface area (TPSA) is 52.1 Å². The highest BCUT2D eigenvalue weighted by molar-refractivity contribution is 14.0. The molecule has 1 saturated heterocycles. The molecule has 0 bridgehead atoms. The summed E-state index contributed by atoms with van der Waals surface area (Å²) >= 11 is 0. The molecule has 1 aromatic rings. The van der Waals surface area contributed by atoms with E-state index in [9.17, 15) is 0 Å². The van der Waals surface area contributed by atoms with Gasteiger partial charge in [-0.2, -0.15) is 0 Å². The van der Waals surface area contributed by atoms with Gasteiger partial charge >= 0.3 is 0 Å². The third-order valence-corrected chi connectivity index (χ3v) is 5.29. The molecule has 2 rings (SSSR count). The van der Waals surface area contributed by atoms with Crippen LogP contribution in [-0.4, -0.2) is 70.3 Å². The van der Waals surface area contributed by atoms with Gasteiger partial charge in [-0.1, -0.05) is 12.1 Å². The number of unbranched alkanes of at least 4 members (excludes halogenated alkanes) is 1. The molecule has 1 atom stereocenters. The van der Waals surface area contributed by atoms with Crippen LogP contribution in [-0.2, 0) is 0 Å². The summed E-state index contributed by atoms with van der Waals surface area (Å²) in [5, 5.41) is 7.02. The quantitative estimate of drug-likeness (QED) is 0.235. The van der Waals surface area contributed by atoms with Crippen molar-refractivity contribution in [2.24, 2.45) is 4.99 Å². The van der Waals surface area contributed by atoms with Crippen LogP contribution in [0.15, 0.2) is 29.3 Å². The van der Waals surface area contributed by atoms with Gasteiger partial charge in [0.05, 0.1) is 12.8 Å². The lowest BCUT2D eigenvalue weighted by Crippen LogP contribution is -2.45. The number of para-hydroxylation sites is 2. The molecule has 7 heteroatoms. The monoisotopic (exact) mass is 503 g/mol. The van der Waals surface area contributed by atoms with E-state index in [4.69, 9.17) is 4.74 Å². The van der Waals surface area contributed by atoms with Gasteiger partial charge in [0, 0.05) is 38.8 Å². The standard InChI is InChI=1S/C21H37N5O.HI/c1-17(2)25(4)14-9-8-13-23-21(22-3)24-18-12-15-26(16-18)19-10-6-7-11-20(19)27-5;/h6-7,10-11,17-18H,8-9,12-16H2,1-5H3,(H2,22,23,24);1H. The van der Waals surface area contributed by atoms with Crippen molar-refractivity contribution >= 4 is 35.6 Å². The molecule has 1 aliphatic rings. The second-order valence-electron chi connectivity index (χ2n) is 7.53. The summed E-state index contributed by atoms with van der Waals surface area (Å²) in [5.74, 6) is 1.84. The lowest BCUT2D eigenvalue weighted by atomic mass is 10.2. The van der Waals surface area contributed by atoms with Gasteiger partial charge in [0.25, 0.3) is 0 Å². The Morgan fingerprint density at radius 3 is 2.75 bits per heavy atom. The summed E-state index contributed by atoms with van der Waals surface area (Å²) in [6.07, 6.45) is 3.44. The molecule has 1 unspecified atom stereocenters. The molecule has 2 N–H and O–H groups in total. The molecule has 1 heterocycles. The molecule has 6 nitrogen and oxygen atoms in total. The van der Waals surface area contributed by atoms with E-state index in [1.165, 1.54) is 12.1 Å². The van der Waals surface area contributed by atoms with Crippen molar-refractivity contribution < 1.29 is 4.74 Å². The van der Waals surface area contributed by atoms with Crippen LogP contribution in [0.5, 0.6) is 5.75 Å². The van der Waals surface area contributed by atoms with Gasteiger partial charge in [-0.25, -0.2) is 0 Å². The minimum Gasteiger partial charge on any atom is -0.495 e. The number of halogens is 1. The molecule has 0 spiro atoms. The van der Waals surface area contributed by atoms with Crippen molar-refractivity contribution in [3.63, 3.8) is 0 Å². The third-order valence-electron chi connectivity index (χ3n) is 5.29. The largest absolute Gasteiger partial charge is 0.495 e. The van der Waals surface area contributed by atoms with Gasteiger partial charge in [0.2, 0.25) is 0 Å². The van der Waals surface area contributed by atoms with E-state index < -0.39 is 0 Å². The number of nitrogens with one attached hydrogen (secondary N) is 2. The average Bonchev–Trinajstić information content (AvgIpc) is 3.14. The van der Waals surface area contributed by atoms with Crippen LogP contribution in [0.4, 0.5) is 5.69 Å². The number of guanidine groups is 1. The summed E-state index contributed by atoms with van der Waals surface area (Å²) in [6, 6.07) is 9.24. The predicted molar refractivity (Wildman–Crippen MR) is 131 cm³/mol. The first kappa shape index (κ1) is 24.8. The maximum absolute atomic E-state index is 5.50. The summed E-state index contributed by atoms with van der Waals surface area (Å²) in [4.78, 5) is 9.15. The average molecular weight is 503 g/mol. The van der Waals surface area contributed by atoms with Gasteiger partial charge in [-0.3, -0.25) is 4.99 Å². The van der Waals surface area contributed by atoms with Crippen LogP contribution in [0.3, 0.4) is 0 Å². The fourth-order valence-electron chi connectivity index (χ4n) is 3.33. The number of aliphatic imine (C=N–C) groups is 1. The highest BCUT2D eigenvalue weighted by atomic mass is 127. The number of methoxy groups -OCH3 is 1. The van der Waals surface area contributed by atoms with Crippen LogP contribution in [0.1, 0.15) is 33.1 Å². The van der Waals surface area contributed by atoms with Gasteiger partial charge in [0.15, 0.2) is 5.96 Å². The Morgan fingerprint density at radius 2 is 2.07 bits per heavy atom. The molecule has 0 aromatic heterocycles. The Hall–Kier alpha value is -1.22. The van der Waals surface area contributed by atoms with E-state index in [1.54, 1.807) is 7.11 Å². The van der Waals surface area contributed by atoms with Gasteiger partial charge in [-0.15, -0.1) is 24.0 Å². The SMILES string of the molecule is CN=C(NCCCCN(C)C(C)C)NC1CCN(c2ccccc2OC)C1.I. The number of benzene rings is 1. The molecular formula is C21H38IN5O. The van der Waals surface area contributed by atoms with E-state index in [-0.39, 0.29) is 24.0 Å². The van der Waals surface area contributed by atoms with Crippen molar-refractivity contribution in [3.05, 3.63) is 24.3 Å². The summed E-state index contributed by atoms with van der Waals surface area (Å²) in [7, 11) is 5.76. The number of hydrogen-bond donors (Lipinski definition) is 2. The van der Waals surface area contributed by atoms with E-state index in [0.29, 0.717) is 12.1 Å². The third kappa shape index (κ3) is 7.66. The maximum Gasteiger partial charge on any atom is 0.191 e. The number of anilines is 1. The van der Waals surface area contributed by atoms with Crippen LogP contribution >= 0.6 is 24.0 Å². The van der Waals surface area contributed by atoms with Gasteiger partial charge in [0.1, 0.15) is 5.75 Å². The second kappa shape index (κ2) is 13.1. The lowest BCUT2D eigenvalue weighted by molar-refractivity contribution is 0.268. The van der Waals surface area contributed by atoms with Gasteiger partial charge < -0.3 is 25.2 Å². The van der Waals surface area contributed by atoms with Gasteiger partial charge in [-0.05, 0) is 58.8 Å². The van der Waals surface area contributed by atoms with Crippen LogP contribution in [0.2, 0.25) is 0 Å². The van der Waals surface area contributed by atoms with Crippen LogP contribution < -0.4 is 20.3 Å². The van der Waals surface area contributed by atoms with E-state index in [0.717, 1.165) is 50.7 Å². The Morgan fingerprint density at radius 1 is 1.32 bits per heavy atom. The molecular weight excluding hydrogens is 465 g/mol. The zero-order valence-electron chi connectivity index (χ0n) is 18.1. The summed E-state index contributed by atoms with van der Waals surface area (Å²) in [5.41, 5.74) is 1.17. The fourth-order valence-corrected chi connectivity index (χ4v) is 3.33. The summed E-state index contributed by atoms with van der Waals surface area (Å²) in [6.45, 7) is 8.55. The van der Waals surface area contributed by atoms with Crippen molar-refractivity contribution in [2.45, 2.75) is 45.2 Å². The number of hydrogen-bond acceptors (Lipinski definition) is 4. The molecule has 28 heavy (non-hydrogen) atoms. The van der Waals surface area contributed by atoms with Crippen molar-refractivity contribution in [2.75, 3.05) is 52.3 Å². The highest BCUT2D eigenvalue weighted by Crippen LogP contribution is 2.30. The van der Waals surface area contributed by atoms with E-state index >= 15 is 0 Å². The molecule has 1 aromatic carbocycles. The lowest BCUT2D eigenvalue weighted by Gasteiger charge is -2.22. The van der Waals surface area contributed by atoms with Crippen molar-refractivity contribution in [3.8, 4) is 5.75 Å². The minimum absolute atomic E-state index is 0.